The van der Waals surface area contributed by atoms with Crippen molar-refractivity contribution >= 4 is 16.9 Å². The minimum atomic E-state index is -0.625. The van der Waals surface area contributed by atoms with Gasteiger partial charge in [-0.3, -0.25) is 14.6 Å². The average molecular weight is 198 g/mol. The van der Waals surface area contributed by atoms with Gasteiger partial charge in [0.1, 0.15) is 5.69 Å². The van der Waals surface area contributed by atoms with Crippen molar-refractivity contribution in [2.24, 2.45) is 0 Å². The third-order valence-corrected chi connectivity index (χ3v) is 2.71. The maximum absolute atomic E-state index is 11.2. The van der Waals surface area contributed by atoms with E-state index >= 15 is 0 Å². The van der Waals surface area contributed by atoms with Gasteiger partial charge in [-0.1, -0.05) is 11.8 Å². The molecule has 0 spiro atoms. The van der Waals surface area contributed by atoms with E-state index in [0.29, 0.717) is 17.7 Å². The summed E-state index contributed by atoms with van der Waals surface area (Å²) in [4.78, 5) is 37.7. The van der Waals surface area contributed by atoms with Crippen LogP contribution in [0.5, 0.6) is 0 Å². The molecule has 68 valence electrons. The molecule has 0 aliphatic carbocycles. The Morgan fingerprint density at radius 2 is 1.92 bits per heavy atom. The van der Waals surface area contributed by atoms with Gasteiger partial charge in [0.25, 0.3) is 5.56 Å². The Morgan fingerprint density at radius 3 is 2.69 bits per heavy atom. The van der Waals surface area contributed by atoms with E-state index < -0.39 is 11.2 Å². The molecule has 2 rings (SSSR count). The predicted molar refractivity (Wildman–Crippen MR) is 48.2 cm³/mol. The molecule has 0 aromatic carbocycles. The highest BCUT2D eigenvalue weighted by atomic mass is 32.2. The van der Waals surface area contributed by atoms with E-state index in [1.807, 2.05) is 0 Å². The highest BCUT2D eigenvalue weighted by Gasteiger charge is 2.21. The number of hydrogen-bond donors (Lipinski definition) is 2. The number of aromatic nitrogens is 2. The molecule has 0 amide bonds. The summed E-state index contributed by atoms with van der Waals surface area (Å²) in [6.45, 7) is 0. The fraction of sp³-hybridized carbons (Fsp3) is 0.286. The van der Waals surface area contributed by atoms with Crippen LogP contribution in [0.2, 0.25) is 0 Å². The topological polar surface area (TPSA) is 82.8 Å². The van der Waals surface area contributed by atoms with Gasteiger partial charge in [-0.15, -0.1) is 0 Å². The zero-order valence-corrected chi connectivity index (χ0v) is 7.36. The highest BCUT2D eigenvalue weighted by Crippen LogP contribution is 2.18. The number of carbonyl (C=O) groups is 1. The van der Waals surface area contributed by atoms with Crippen molar-refractivity contribution in [3.8, 4) is 0 Å². The van der Waals surface area contributed by atoms with E-state index in [0.717, 1.165) is 11.8 Å². The first kappa shape index (κ1) is 8.31. The fourth-order valence-corrected chi connectivity index (χ4v) is 2.05. The van der Waals surface area contributed by atoms with Crippen LogP contribution in [0.3, 0.4) is 0 Å². The molecule has 13 heavy (non-hydrogen) atoms. The molecule has 0 radical (unpaired) electrons. The molecule has 0 saturated heterocycles. The van der Waals surface area contributed by atoms with Crippen LogP contribution in [0.4, 0.5) is 0 Å². The van der Waals surface area contributed by atoms with E-state index in [1.54, 1.807) is 0 Å². The Bertz CT molecular complexity index is 473. The van der Waals surface area contributed by atoms with Gasteiger partial charge in [0, 0.05) is 11.3 Å². The van der Waals surface area contributed by atoms with Gasteiger partial charge in [-0.2, -0.15) is 0 Å². The molecule has 1 aromatic heterocycles. The van der Waals surface area contributed by atoms with Crippen molar-refractivity contribution in [2.45, 2.75) is 6.42 Å². The normalized spacial score (nSPS) is 15.5. The molecule has 0 saturated carbocycles. The lowest BCUT2D eigenvalue weighted by Crippen LogP contribution is -2.31. The molecular formula is C7H6N2O3S. The molecule has 2 heterocycles. The standard InChI is InChI=1S/C7H6N2O3S/c10-5-3-1-2-13-6(11)4(3)8-7(12)9-5/h1-2H2,(H2,8,9,10,12). The van der Waals surface area contributed by atoms with Gasteiger partial charge < -0.3 is 4.98 Å². The fourth-order valence-electron chi connectivity index (χ4n) is 1.24. The lowest BCUT2D eigenvalue weighted by Gasteiger charge is -2.10. The summed E-state index contributed by atoms with van der Waals surface area (Å²) in [5, 5.41) is -0.232. The quantitative estimate of drug-likeness (QED) is 0.588. The number of H-pyrrole nitrogens is 2. The maximum Gasteiger partial charge on any atom is 0.326 e. The summed E-state index contributed by atoms with van der Waals surface area (Å²) in [6, 6.07) is 0. The summed E-state index contributed by atoms with van der Waals surface area (Å²) in [5.74, 6) is 0.598. The molecule has 6 heteroatoms. The largest absolute Gasteiger partial charge is 0.326 e. The summed E-state index contributed by atoms with van der Waals surface area (Å²) < 4.78 is 0. The monoisotopic (exact) mass is 198 g/mol. The molecule has 2 N–H and O–H groups in total. The second-order valence-electron chi connectivity index (χ2n) is 2.65. The van der Waals surface area contributed by atoms with E-state index in [9.17, 15) is 14.4 Å². The van der Waals surface area contributed by atoms with Crippen LogP contribution in [0.25, 0.3) is 0 Å². The molecule has 1 aliphatic heterocycles. The summed E-state index contributed by atoms with van der Waals surface area (Å²) in [7, 11) is 0. The zero-order valence-electron chi connectivity index (χ0n) is 6.55. The van der Waals surface area contributed by atoms with E-state index in [1.165, 1.54) is 0 Å². The molecule has 5 nitrogen and oxygen atoms in total. The van der Waals surface area contributed by atoms with E-state index in [2.05, 4.69) is 9.97 Å². The Kier molecular flexibility index (Phi) is 1.84. The van der Waals surface area contributed by atoms with Gasteiger partial charge in [0.15, 0.2) is 0 Å². The van der Waals surface area contributed by atoms with Crippen molar-refractivity contribution in [3.05, 3.63) is 32.1 Å². The van der Waals surface area contributed by atoms with Crippen molar-refractivity contribution in [3.63, 3.8) is 0 Å². The minimum Gasteiger partial charge on any atom is -0.303 e. The van der Waals surface area contributed by atoms with Crippen molar-refractivity contribution in [1.82, 2.24) is 9.97 Å². The van der Waals surface area contributed by atoms with Gasteiger partial charge in [0.2, 0.25) is 5.12 Å². The van der Waals surface area contributed by atoms with Crippen LogP contribution in [0.1, 0.15) is 16.1 Å². The lowest BCUT2D eigenvalue weighted by atomic mass is 10.2. The second kappa shape index (κ2) is 2.88. The number of carbonyl (C=O) groups excluding carboxylic acids is 1. The Balaban J connectivity index is 2.77. The predicted octanol–water partition coefficient (Wildman–Crippen LogP) is -0.507. The number of nitrogens with one attached hydrogen (secondary N) is 2. The van der Waals surface area contributed by atoms with Crippen molar-refractivity contribution in [2.75, 3.05) is 5.75 Å². The SMILES string of the molecule is O=C1SCCc2c1[nH]c(=O)[nH]c2=O. The molecular weight excluding hydrogens is 192 g/mol. The van der Waals surface area contributed by atoms with E-state index in [4.69, 9.17) is 0 Å². The van der Waals surface area contributed by atoms with Crippen molar-refractivity contribution in [1.29, 1.82) is 0 Å². The zero-order chi connectivity index (χ0) is 9.42. The molecule has 0 atom stereocenters. The Morgan fingerprint density at radius 1 is 1.15 bits per heavy atom. The number of thioether (sulfide) groups is 1. The first-order valence-corrected chi connectivity index (χ1v) is 4.69. The smallest absolute Gasteiger partial charge is 0.303 e. The van der Waals surface area contributed by atoms with E-state index in [-0.39, 0.29) is 10.8 Å². The summed E-state index contributed by atoms with van der Waals surface area (Å²) >= 11 is 1.12. The number of hydrogen-bond acceptors (Lipinski definition) is 4. The van der Waals surface area contributed by atoms with Crippen LogP contribution in [-0.4, -0.2) is 20.8 Å². The number of aromatic amines is 2. The minimum absolute atomic E-state index is 0.157. The Hall–Kier alpha value is -1.30. The first-order chi connectivity index (χ1) is 6.18. The lowest BCUT2D eigenvalue weighted by molar-refractivity contribution is 0.108. The molecule has 1 aliphatic rings. The Labute approximate surface area is 76.6 Å². The van der Waals surface area contributed by atoms with Crippen LogP contribution in [0, 0.1) is 0 Å². The van der Waals surface area contributed by atoms with Crippen LogP contribution < -0.4 is 11.2 Å². The second-order valence-corrected chi connectivity index (χ2v) is 3.72. The summed E-state index contributed by atoms with van der Waals surface area (Å²) in [5.41, 5.74) is -0.527. The van der Waals surface area contributed by atoms with Gasteiger partial charge >= 0.3 is 5.69 Å². The van der Waals surface area contributed by atoms with Crippen LogP contribution in [0.15, 0.2) is 9.59 Å². The average Bonchev–Trinajstić information content (AvgIpc) is 2.07. The molecule has 0 bridgehead atoms. The van der Waals surface area contributed by atoms with Gasteiger partial charge in [0.05, 0.1) is 0 Å². The van der Waals surface area contributed by atoms with Gasteiger partial charge in [-0.05, 0) is 6.42 Å². The third-order valence-electron chi connectivity index (χ3n) is 1.83. The van der Waals surface area contributed by atoms with Crippen LogP contribution in [-0.2, 0) is 6.42 Å². The third kappa shape index (κ3) is 1.33. The number of rotatable bonds is 0. The van der Waals surface area contributed by atoms with Crippen molar-refractivity contribution < 1.29 is 4.79 Å². The maximum atomic E-state index is 11.2. The first-order valence-electron chi connectivity index (χ1n) is 3.71. The molecule has 0 fully saturated rings. The van der Waals surface area contributed by atoms with Crippen LogP contribution >= 0.6 is 11.8 Å². The van der Waals surface area contributed by atoms with Gasteiger partial charge in [-0.25, -0.2) is 4.79 Å². The molecule has 1 aromatic rings. The number of fused-ring (bicyclic) bond motifs is 1. The highest BCUT2D eigenvalue weighted by molar-refractivity contribution is 8.14. The summed E-state index contributed by atoms with van der Waals surface area (Å²) in [6.07, 6.45) is 0.526. The molecule has 0 unspecified atom stereocenters.